The lowest BCUT2D eigenvalue weighted by Gasteiger charge is -2.12. The van der Waals surface area contributed by atoms with E-state index in [4.69, 9.17) is 9.29 Å². The summed E-state index contributed by atoms with van der Waals surface area (Å²) in [4.78, 5) is 11.0. The molecule has 5 nitrogen and oxygen atoms in total. The molecule has 116 valence electrons. The van der Waals surface area contributed by atoms with Gasteiger partial charge in [0.2, 0.25) is 0 Å². The van der Waals surface area contributed by atoms with Crippen LogP contribution < -0.4 is 4.18 Å². The number of hydrogen-bond donors (Lipinski definition) is 1. The lowest BCUT2D eigenvalue weighted by atomic mass is 9.99. The summed E-state index contributed by atoms with van der Waals surface area (Å²) in [6.45, 7) is 3.24. The fraction of sp³-hybridized carbons (Fsp3) is 0.188. The van der Waals surface area contributed by atoms with Crippen LogP contribution in [0.1, 0.15) is 24.0 Å². The largest absolute Gasteiger partial charge is 0.481 e. The van der Waals surface area contributed by atoms with E-state index in [1.165, 1.54) is 18.2 Å². The number of aryl methyl sites for hydroxylation is 1. The summed E-state index contributed by atoms with van der Waals surface area (Å²) >= 11 is 0. The number of rotatable bonds is 5. The zero-order valence-corrected chi connectivity index (χ0v) is 13.0. The second kappa shape index (κ2) is 6.19. The Kier molecular flexibility index (Phi) is 4.51. The maximum atomic E-state index is 12.2. The molecule has 0 heterocycles. The van der Waals surface area contributed by atoms with Crippen molar-refractivity contribution in [3.63, 3.8) is 0 Å². The molecule has 0 fully saturated rings. The lowest BCUT2D eigenvalue weighted by Crippen LogP contribution is -2.11. The summed E-state index contributed by atoms with van der Waals surface area (Å²) < 4.78 is 29.5. The number of carbonyl (C=O) groups is 1. The van der Waals surface area contributed by atoms with E-state index >= 15 is 0 Å². The standard InChI is InChI=1S/C16H16O5S/c1-11-10-13(12(2)16(17)18)8-9-15(11)21-22(19,20)14-6-4-3-5-7-14/h3-10,12H,1-2H3,(H,17,18). The van der Waals surface area contributed by atoms with Crippen molar-refractivity contribution in [2.24, 2.45) is 0 Å². The highest BCUT2D eigenvalue weighted by Gasteiger charge is 2.19. The molecule has 0 aromatic heterocycles. The Morgan fingerprint density at radius 1 is 1.14 bits per heavy atom. The summed E-state index contributed by atoms with van der Waals surface area (Å²) in [6, 6.07) is 12.5. The third-order valence-corrected chi connectivity index (χ3v) is 4.55. The number of hydrogen-bond acceptors (Lipinski definition) is 4. The average molecular weight is 320 g/mol. The topological polar surface area (TPSA) is 80.7 Å². The zero-order chi connectivity index (χ0) is 16.3. The minimum atomic E-state index is -3.90. The molecular formula is C16H16O5S. The van der Waals surface area contributed by atoms with Crippen LogP contribution in [0.25, 0.3) is 0 Å². The Balaban J connectivity index is 2.30. The van der Waals surface area contributed by atoms with Gasteiger partial charge in [0.15, 0.2) is 0 Å². The van der Waals surface area contributed by atoms with E-state index in [0.29, 0.717) is 11.1 Å². The molecule has 1 N–H and O–H groups in total. The van der Waals surface area contributed by atoms with E-state index < -0.39 is 22.0 Å². The van der Waals surface area contributed by atoms with Crippen LogP contribution in [0, 0.1) is 6.92 Å². The molecule has 0 aliphatic rings. The highest BCUT2D eigenvalue weighted by atomic mass is 32.2. The zero-order valence-electron chi connectivity index (χ0n) is 12.2. The summed E-state index contributed by atoms with van der Waals surface area (Å²) in [5.41, 5.74) is 1.15. The van der Waals surface area contributed by atoms with Crippen LogP contribution in [0.3, 0.4) is 0 Å². The summed E-state index contributed by atoms with van der Waals surface area (Å²) in [5, 5.41) is 9.00. The van der Waals surface area contributed by atoms with Crippen molar-refractivity contribution >= 4 is 16.1 Å². The van der Waals surface area contributed by atoms with Crippen molar-refractivity contribution in [2.75, 3.05) is 0 Å². The number of carboxylic acid groups (broad SMARTS) is 1. The fourth-order valence-corrected chi connectivity index (χ4v) is 2.94. The van der Waals surface area contributed by atoms with E-state index in [2.05, 4.69) is 0 Å². The van der Waals surface area contributed by atoms with E-state index in [1.807, 2.05) is 0 Å². The van der Waals surface area contributed by atoms with Crippen molar-refractivity contribution < 1.29 is 22.5 Å². The van der Waals surface area contributed by atoms with Crippen LogP contribution in [-0.2, 0) is 14.9 Å². The molecule has 2 rings (SSSR count). The van der Waals surface area contributed by atoms with Gasteiger partial charge in [-0.05, 0) is 43.2 Å². The molecule has 6 heteroatoms. The fourth-order valence-electron chi connectivity index (χ4n) is 1.93. The first-order valence-electron chi connectivity index (χ1n) is 6.64. The molecule has 0 saturated heterocycles. The molecule has 2 aromatic rings. The maximum Gasteiger partial charge on any atom is 0.339 e. The van der Waals surface area contributed by atoms with Crippen molar-refractivity contribution in [1.82, 2.24) is 0 Å². The Morgan fingerprint density at radius 2 is 1.77 bits per heavy atom. The van der Waals surface area contributed by atoms with Gasteiger partial charge in [-0.15, -0.1) is 0 Å². The average Bonchev–Trinajstić information content (AvgIpc) is 2.49. The van der Waals surface area contributed by atoms with Crippen LogP contribution in [-0.4, -0.2) is 19.5 Å². The summed E-state index contributed by atoms with van der Waals surface area (Å²) in [7, 11) is -3.90. The molecule has 0 aliphatic carbocycles. The second-order valence-corrected chi connectivity index (χ2v) is 6.48. The van der Waals surface area contributed by atoms with Crippen molar-refractivity contribution in [3.05, 3.63) is 59.7 Å². The van der Waals surface area contributed by atoms with Crippen molar-refractivity contribution in [1.29, 1.82) is 0 Å². The lowest BCUT2D eigenvalue weighted by molar-refractivity contribution is -0.138. The predicted octanol–water partition coefficient (Wildman–Crippen LogP) is 2.95. The van der Waals surface area contributed by atoms with Gasteiger partial charge in [0, 0.05) is 0 Å². The van der Waals surface area contributed by atoms with E-state index in [9.17, 15) is 13.2 Å². The van der Waals surface area contributed by atoms with Crippen molar-refractivity contribution in [2.45, 2.75) is 24.7 Å². The van der Waals surface area contributed by atoms with Gasteiger partial charge >= 0.3 is 16.1 Å². The summed E-state index contributed by atoms with van der Waals surface area (Å²) in [6.07, 6.45) is 0. The van der Waals surface area contributed by atoms with Gasteiger partial charge in [0.1, 0.15) is 10.6 Å². The third-order valence-electron chi connectivity index (χ3n) is 3.30. The smallest absolute Gasteiger partial charge is 0.339 e. The molecular weight excluding hydrogens is 304 g/mol. The van der Waals surface area contributed by atoms with E-state index in [0.717, 1.165) is 0 Å². The molecule has 2 aromatic carbocycles. The Labute approximate surface area is 129 Å². The molecule has 22 heavy (non-hydrogen) atoms. The minimum absolute atomic E-state index is 0.0670. The molecule has 0 aliphatic heterocycles. The van der Waals surface area contributed by atoms with Gasteiger partial charge in [0.25, 0.3) is 0 Å². The maximum absolute atomic E-state index is 12.2. The highest BCUT2D eigenvalue weighted by molar-refractivity contribution is 7.87. The number of aliphatic carboxylic acids is 1. The van der Waals surface area contributed by atoms with Crippen molar-refractivity contribution in [3.8, 4) is 5.75 Å². The van der Waals surface area contributed by atoms with Gasteiger partial charge in [-0.25, -0.2) is 0 Å². The van der Waals surface area contributed by atoms with Gasteiger partial charge in [0.05, 0.1) is 5.92 Å². The van der Waals surface area contributed by atoms with Crippen LogP contribution >= 0.6 is 0 Å². The number of carboxylic acids is 1. The van der Waals surface area contributed by atoms with Crippen LogP contribution in [0.15, 0.2) is 53.4 Å². The molecule has 0 radical (unpaired) electrons. The molecule has 0 bridgehead atoms. The SMILES string of the molecule is Cc1cc(C(C)C(=O)O)ccc1OS(=O)(=O)c1ccccc1. The molecule has 0 amide bonds. The molecule has 0 saturated carbocycles. The predicted molar refractivity (Wildman–Crippen MR) is 81.5 cm³/mol. The van der Waals surface area contributed by atoms with Crippen LogP contribution in [0.2, 0.25) is 0 Å². The van der Waals surface area contributed by atoms with E-state index in [1.54, 1.807) is 44.2 Å². The van der Waals surface area contributed by atoms with Crippen LogP contribution in [0.4, 0.5) is 0 Å². The van der Waals surface area contributed by atoms with Gasteiger partial charge in [-0.1, -0.05) is 30.3 Å². The molecule has 0 spiro atoms. The normalized spacial score (nSPS) is 12.6. The first kappa shape index (κ1) is 16.0. The molecule has 1 atom stereocenters. The summed E-state index contributed by atoms with van der Waals surface area (Å²) in [5.74, 6) is -1.42. The highest BCUT2D eigenvalue weighted by Crippen LogP contribution is 2.26. The quantitative estimate of drug-likeness (QED) is 0.857. The first-order valence-corrected chi connectivity index (χ1v) is 8.05. The first-order chi connectivity index (χ1) is 10.3. The van der Waals surface area contributed by atoms with Gasteiger partial charge < -0.3 is 9.29 Å². The Hall–Kier alpha value is -2.34. The van der Waals surface area contributed by atoms with Gasteiger partial charge in [-0.2, -0.15) is 8.42 Å². The minimum Gasteiger partial charge on any atom is -0.481 e. The third kappa shape index (κ3) is 3.46. The number of benzene rings is 2. The monoisotopic (exact) mass is 320 g/mol. The van der Waals surface area contributed by atoms with E-state index in [-0.39, 0.29) is 10.6 Å². The second-order valence-electron chi connectivity index (χ2n) is 4.94. The molecule has 1 unspecified atom stereocenters. The van der Waals surface area contributed by atoms with Crippen LogP contribution in [0.5, 0.6) is 5.75 Å². The van der Waals surface area contributed by atoms with Gasteiger partial charge in [-0.3, -0.25) is 4.79 Å². The Bertz CT molecular complexity index is 781. The Morgan fingerprint density at radius 3 is 2.32 bits per heavy atom.